The maximum atomic E-state index is 9.89. The van der Waals surface area contributed by atoms with Gasteiger partial charge in [0.2, 0.25) is 0 Å². The van der Waals surface area contributed by atoms with Crippen molar-refractivity contribution in [1.82, 2.24) is 9.88 Å². The molecule has 27 heavy (non-hydrogen) atoms. The fourth-order valence-electron chi connectivity index (χ4n) is 3.42. The number of hydrogen-bond acceptors (Lipinski definition) is 7. The first-order valence-corrected chi connectivity index (χ1v) is 10.1. The van der Waals surface area contributed by atoms with E-state index in [1.807, 2.05) is 18.2 Å². The minimum absolute atomic E-state index is 0.0371. The molecule has 7 heteroatoms. The van der Waals surface area contributed by atoms with Gasteiger partial charge in [0.25, 0.3) is 0 Å². The second-order valence-corrected chi connectivity index (χ2v) is 7.89. The van der Waals surface area contributed by atoms with Gasteiger partial charge >= 0.3 is 0 Å². The lowest BCUT2D eigenvalue weighted by Gasteiger charge is -2.40. The smallest absolute Gasteiger partial charge is 0.161 e. The average molecular weight is 393 g/mol. The summed E-state index contributed by atoms with van der Waals surface area (Å²) in [4.78, 5) is 7.10. The van der Waals surface area contributed by atoms with Crippen molar-refractivity contribution in [2.75, 3.05) is 34.0 Å². The van der Waals surface area contributed by atoms with Crippen LogP contribution in [0.3, 0.4) is 0 Å². The summed E-state index contributed by atoms with van der Waals surface area (Å²) >= 11 is 1.69. The van der Waals surface area contributed by atoms with Crippen molar-refractivity contribution >= 4 is 11.3 Å². The second-order valence-electron chi connectivity index (χ2n) is 6.94. The summed E-state index contributed by atoms with van der Waals surface area (Å²) in [6, 6.07) is 5.80. The first-order chi connectivity index (χ1) is 13.1. The zero-order valence-electron chi connectivity index (χ0n) is 16.3. The Hall–Kier alpha value is -1.67. The van der Waals surface area contributed by atoms with Crippen LogP contribution >= 0.6 is 11.3 Å². The molecule has 3 rings (SSSR count). The van der Waals surface area contributed by atoms with Gasteiger partial charge in [-0.2, -0.15) is 0 Å². The van der Waals surface area contributed by atoms with Gasteiger partial charge in [0.1, 0.15) is 11.1 Å². The van der Waals surface area contributed by atoms with Gasteiger partial charge in [0, 0.05) is 11.9 Å². The van der Waals surface area contributed by atoms with Gasteiger partial charge in [-0.15, -0.1) is 11.3 Å². The fraction of sp³-hybridized carbons (Fsp3) is 0.550. The molecule has 1 aromatic heterocycles. The monoisotopic (exact) mass is 392 g/mol. The number of benzene rings is 1. The summed E-state index contributed by atoms with van der Waals surface area (Å²) in [6.45, 7) is 6.38. The molecular weight excluding hydrogens is 364 g/mol. The summed E-state index contributed by atoms with van der Waals surface area (Å²) < 4.78 is 16.7. The van der Waals surface area contributed by atoms with E-state index in [9.17, 15) is 5.11 Å². The number of morpholine rings is 1. The van der Waals surface area contributed by atoms with Crippen LogP contribution in [0.25, 0.3) is 0 Å². The number of aromatic nitrogens is 1. The van der Waals surface area contributed by atoms with E-state index in [0.717, 1.165) is 29.4 Å². The Balaban J connectivity index is 1.89. The van der Waals surface area contributed by atoms with E-state index in [-0.39, 0.29) is 18.8 Å². The Morgan fingerprint density at radius 3 is 2.70 bits per heavy atom. The zero-order valence-corrected chi connectivity index (χ0v) is 17.2. The maximum absolute atomic E-state index is 9.89. The van der Waals surface area contributed by atoms with Crippen LogP contribution in [0.4, 0.5) is 0 Å². The van der Waals surface area contributed by atoms with Crippen molar-refractivity contribution in [2.45, 2.75) is 38.5 Å². The van der Waals surface area contributed by atoms with Gasteiger partial charge in [-0.25, -0.2) is 4.98 Å². The third-order valence-electron chi connectivity index (χ3n) is 4.88. The van der Waals surface area contributed by atoms with Crippen LogP contribution in [-0.2, 0) is 11.3 Å². The van der Waals surface area contributed by atoms with Crippen LogP contribution in [0, 0.1) is 0 Å². The quantitative estimate of drug-likeness (QED) is 0.781. The maximum Gasteiger partial charge on any atom is 0.161 e. The standard InChI is InChI=1S/C20H28N2O4S/c1-13(2)15-12-27-19(21-15)10-22-7-8-26-18(11-23)20(22)14-5-6-16(24-3)17(9-14)25-4/h5-6,9,12-13,18,20,23H,7-8,10-11H2,1-4H3/t18-,20-/m0/s1. The number of ether oxygens (including phenoxy) is 3. The van der Waals surface area contributed by atoms with Crippen LogP contribution in [0.5, 0.6) is 11.5 Å². The van der Waals surface area contributed by atoms with Crippen molar-refractivity contribution < 1.29 is 19.3 Å². The largest absolute Gasteiger partial charge is 0.493 e. The molecule has 1 N–H and O–H groups in total. The molecule has 0 spiro atoms. The van der Waals surface area contributed by atoms with E-state index in [0.29, 0.717) is 24.0 Å². The highest BCUT2D eigenvalue weighted by atomic mass is 32.1. The van der Waals surface area contributed by atoms with E-state index in [2.05, 4.69) is 24.1 Å². The fourth-order valence-corrected chi connectivity index (χ4v) is 4.40. The number of thiazole rings is 1. The molecule has 0 saturated carbocycles. The molecule has 1 saturated heterocycles. The van der Waals surface area contributed by atoms with Crippen molar-refractivity contribution in [1.29, 1.82) is 0 Å². The van der Waals surface area contributed by atoms with Gasteiger partial charge in [0.05, 0.1) is 45.7 Å². The number of hydrogen-bond donors (Lipinski definition) is 1. The number of rotatable bonds is 7. The number of aliphatic hydroxyl groups excluding tert-OH is 1. The first kappa shape index (κ1) is 20.1. The molecule has 0 bridgehead atoms. The summed E-state index contributed by atoms with van der Waals surface area (Å²) in [5, 5.41) is 13.1. The van der Waals surface area contributed by atoms with Gasteiger partial charge in [0.15, 0.2) is 11.5 Å². The van der Waals surface area contributed by atoms with Crippen LogP contribution in [0.1, 0.15) is 42.1 Å². The summed E-state index contributed by atoms with van der Waals surface area (Å²) in [5.74, 6) is 1.78. The number of aliphatic hydroxyl groups is 1. The molecule has 2 aromatic rings. The molecule has 2 atom stereocenters. The zero-order chi connectivity index (χ0) is 19.4. The second kappa shape index (κ2) is 9.01. The van der Waals surface area contributed by atoms with Crippen molar-refractivity contribution in [3.8, 4) is 11.5 Å². The highest BCUT2D eigenvalue weighted by molar-refractivity contribution is 7.09. The summed E-state index contributed by atoms with van der Waals surface area (Å²) in [5.41, 5.74) is 2.16. The first-order valence-electron chi connectivity index (χ1n) is 9.20. The molecule has 148 valence electrons. The molecule has 0 amide bonds. The average Bonchev–Trinajstić information content (AvgIpc) is 3.16. The molecule has 6 nitrogen and oxygen atoms in total. The van der Waals surface area contributed by atoms with Gasteiger partial charge in [-0.05, 0) is 23.6 Å². The normalized spacial score (nSPS) is 20.8. The molecule has 0 aliphatic carbocycles. The van der Waals surface area contributed by atoms with Crippen LogP contribution in [0.2, 0.25) is 0 Å². The molecule has 1 aliphatic heterocycles. The van der Waals surface area contributed by atoms with Crippen LogP contribution in [0.15, 0.2) is 23.6 Å². The Kier molecular flexibility index (Phi) is 6.70. The Bertz CT molecular complexity index is 749. The van der Waals surface area contributed by atoms with E-state index in [1.165, 1.54) is 0 Å². The van der Waals surface area contributed by atoms with E-state index >= 15 is 0 Å². The third-order valence-corrected chi connectivity index (χ3v) is 5.74. The lowest BCUT2D eigenvalue weighted by atomic mass is 9.97. The highest BCUT2D eigenvalue weighted by Gasteiger charge is 2.34. The van der Waals surface area contributed by atoms with Crippen molar-refractivity contribution in [3.63, 3.8) is 0 Å². The molecule has 1 aliphatic rings. The Labute approximate surface area is 164 Å². The van der Waals surface area contributed by atoms with Crippen LogP contribution in [-0.4, -0.2) is 55.1 Å². The predicted molar refractivity (Wildman–Crippen MR) is 106 cm³/mol. The number of nitrogens with zero attached hydrogens (tertiary/aromatic N) is 2. The third kappa shape index (κ3) is 4.43. The van der Waals surface area contributed by atoms with E-state index < -0.39 is 0 Å². The SMILES string of the molecule is COc1ccc([C@H]2[C@H](CO)OCCN2Cc2nc(C(C)C)cs2)cc1OC. The lowest BCUT2D eigenvalue weighted by molar-refractivity contribution is -0.0961. The van der Waals surface area contributed by atoms with Gasteiger partial charge in [-0.3, -0.25) is 4.90 Å². The van der Waals surface area contributed by atoms with Crippen LogP contribution < -0.4 is 9.47 Å². The number of methoxy groups -OCH3 is 2. The molecule has 0 unspecified atom stereocenters. The molecule has 2 heterocycles. The summed E-state index contributed by atoms with van der Waals surface area (Å²) in [7, 11) is 3.25. The predicted octanol–water partition coefficient (Wildman–Crippen LogP) is 3.22. The molecular formula is C20H28N2O4S. The lowest BCUT2D eigenvalue weighted by Crippen LogP contribution is -2.46. The minimum atomic E-state index is -0.290. The molecule has 0 radical (unpaired) electrons. The summed E-state index contributed by atoms with van der Waals surface area (Å²) in [6.07, 6.45) is -0.290. The Morgan fingerprint density at radius 2 is 2.07 bits per heavy atom. The van der Waals surface area contributed by atoms with Gasteiger partial charge < -0.3 is 19.3 Å². The van der Waals surface area contributed by atoms with Crippen molar-refractivity contribution in [3.05, 3.63) is 39.8 Å². The molecule has 1 fully saturated rings. The van der Waals surface area contributed by atoms with E-state index in [4.69, 9.17) is 19.2 Å². The topological polar surface area (TPSA) is 64.0 Å². The highest BCUT2D eigenvalue weighted by Crippen LogP contribution is 2.36. The minimum Gasteiger partial charge on any atom is -0.493 e. The van der Waals surface area contributed by atoms with Gasteiger partial charge in [-0.1, -0.05) is 19.9 Å². The Morgan fingerprint density at radius 1 is 1.30 bits per heavy atom. The van der Waals surface area contributed by atoms with Crippen molar-refractivity contribution in [2.24, 2.45) is 0 Å². The molecule has 1 aromatic carbocycles. The van der Waals surface area contributed by atoms with E-state index in [1.54, 1.807) is 25.6 Å².